The van der Waals surface area contributed by atoms with Crippen LogP contribution < -0.4 is 14.9 Å². The molecule has 0 radical (unpaired) electrons. The van der Waals surface area contributed by atoms with Crippen LogP contribution in [0.2, 0.25) is 0 Å². The van der Waals surface area contributed by atoms with Crippen molar-refractivity contribution < 1.29 is 14.3 Å². The van der Waals surface area contributed by atoms with Crippen molar-refractivity contribution in [1.82, 2.24) is 10.4 Å². The lowest BCUT2D eigenvalue weighted by atomic mass is 10.2. The van der Waals surface area contributed by atoms with Crippen molar-refractivity contribution in [3.63, 3.8) is 0 Å². The average molecular weight is 287 g/mol. The standard InChI is InChI=1S/C15H17N3O3/c1-3-21-13-7-6-11(9-14(13)20-2)10-17-18-15(19)12-5-4-8-16-12/h4-10,16H,3H2,1-2H3,(H,18,19)/b17-10-. The molecule has 2 aromatic rings. The van der Waals surface area contributed by atoms with E-state index >= 15 is 0 Å². The lowest BCUT2D eigenvalue weighted by Gasteiger charge is -2.09. The van der Waals surface area contributed by atoms with E-state index in [1.54, 1.807) is 43.8 Å². The topological polar surface area (TPSA) is 75.7 Å². The molecular weight excluding hydrogens is 270 g/mol. The Bertz CT molecular complexity index is 621. The van der Waals surface area contributed by atoms with Crippen LogP contribution in [0.5, 0.6) is 11.5 Å². The van der Waals surface area contributed by atoms with E-state index in [0.717, 1.165) is 5.56 Å². The normalized spacial score (nSPS) is 10.6. The molecule has 1 heterocycles. The number of rotatable bonds is 6. The molecule has 110 valence electrons. The molecule has 6 heteroatoms. The summed E-state index contributed by atoms with van der Waals surface area (Å²) < 4.78 is 10.7. The molecule has 0 unspecified atom stereocenters. The quantitative estimate of drug-likeness (QED) is 0.631. The van der Waals surface area contributed by atoms with Gasteiger partial charge in [-0.05, 0) is 42.8 Å². The van der Waals surface area contributed by atoms with Gasteiger partial charge in [-0.15, -0.1) is 0 Å². The zero-order chi connectivity index (χ0) is 15.1. The van der Waals surface area contributed by atoms with Gasteiger partial charge in [-0.2, -0.15) is 5.10 Å². The van der Waals surface area contributed by atoms with Crippen LogP contribution in [0.25, 0.3) is 0 Å². The van der Waals surface area contributed by atoms with Crippen LogP contribution in [0.1, 0.15) is 23.0 Å². The van der Waals surface area contributed by atoms with Crippen molar-refractivity contribution in [2.24, 2.45) is 5.10 Å². The maximum absolute atomic E-state index is 11.7. The summed E-state index contributed by atoms with van der Waals surface area (Å²) in [7, 11) is 1.58. The second-order valence-corrected chi connectivity index (χ2v) is 4.13. The fourth-order valence-electron chi connectivity index (χ4n) is 1.74. The van der Waals surface area contributed by atoms with E-state index in [0.29, 0.717) is 23.8 Å². The predicted octanol–water partition coefficient (Wildman–Crippen LogP) is 2.19. The van der Waals surface area contributed by atoms with E-state index in [4.69, 9.17) is 9.47 Å². The molecule has 6 nitrogen and oxygen atoms in total. The molecule has 0 saturated carbocycles. The van der Waals surface area contributed by atoms with Gasteiger partial charge in [0.2, 0.25) is 0 Å². The summed E-state index contributed by atoms with van der Waals surface area (Å²) in [5.41, 5.74) is 3.69. The number of hydrogen-bond donors (Lipinski definition) is 2. The fourth-order valence-corrected chi connectivity index (χ4v) is 1.74. The fraction of sp³-hybridized carbons (Fsp3) is 0.200. The molecule has 0 atom stereocenters. The second-order valence-electron chi connectivity index (χ2n) is 4.13. The van der Waals surface area contributed by atoms with Gasteiger partial charge in [0.05, 0.1) is 19.9 Å². The monoisotopic (exact) mass is 287 g/mol. The maximum Gasteiger partial charge on any atom is 0.287 e. The van der Waals surface area contributed by atoms with Crippen LogP contribution in [0.3, 0.4) is 0 Å². The lowest BCUT2D eigenvalue weighted by molar-refractivity contribution is 0.0951. The summed E-state index contributed by atoms with van der Waals surface area (Å²) in [4.78, 5) is 14.5. The highest BCUT2D eigenvalue weighted by Gasteiger charge is 2.05. The Morgan fingerprint density at radius 3 is 2.90 bits per heavy atom. The van der Waals surface area contributed by atoms with Gasteiger partial charge < -0.3 is 14.5 Å². The van der Waals surface area contributed by atoms with Crippen molar-refractivity contribution in [3.8, 4) is 11.5 Å². The molecule has 0 aliphatic heterocycles. The van der Waals surface area contributed by atoms with E-state index in [1.165, 1.54) is 0 Å². The molecule has 2 rings (SSSR count). The first-order chi connectivity index (χ1) is 10.2. The Balaban J connectivity index is 2.02. The van der Waals surface area contributed by atoms with Gasteiger partial charge in [-0.3, -0.25) is 4.79 Å². The van der Waals surface area contributed by atoms with Gasteiger partial charge >= 0.3 is 0 Å². The van der Waals surface area contributed by atoms with Crippen molar-refractivity contribution >= 4 is 12.1 Å². The molecule has 0 fully saturated rings. The van der Waals surface area contributed by atoms with Gasteiger partial charge in [-0.25, -0.2) is 5.43 Å². The number of H-pyrrole nitrogens is 1. The van der Waals surface area contributed by atoms with E-state index < -0.39 is 0 Å². The first kappa shape index (κ1) is 14.6. The highest BCUT2D eigenvalue weighted by Crippen LogP contribution is 2.27. The van der Waals surface area contributed by atoms with Crippen molar-refractivity contribution in [2.75, 3.05) is 13.7 Å². The number of carbonyl (C=O) groups excluding carboxylic acids is 1. The highest BCUT2D eigenvalue weighted by atomic mass is 16.5. The van der Waals surface area contributed by atoms with E-state index in [9.17, 15) is 4.79 Å². The van der Waals surface area contributed by atoms with Crippen molar-refractivity contribution in [2.45, 2.75) is 6.92 Å². The number of methoxy groups -OCH3 is 1. The number of amides is 1. The SMILES string of the molecule is CCOc1ccc(/C=N\NC(=O)c2ccc[nH]2)cc1OC. The van der Waals surface area contributed by atoms with Gasteiger partial charge in [-0.1, -0.05) is 0 Å². The Morgan fingerprint density at radius 2 is 2.24 bits per heavy atom. The minimum Gasteiger partial charge on any atom is -0.493 e. The van der Waals surface area contributed by atoms with Gasteiger partial charge in [0.25, 0.3) is 5.91 Å². The third-order valence-corrected chi connectivity index (χ3v) is 2.71. The largest absolute Gasteiger partial charge is 0.493 e. The van der Waals surface area contributed by atoms with Gasteiger partial charge in [0, 0.05) is 6.20 Å². The molecule has 0 spiro atoms. The number of nitrogens with zero attached hydrogens (tertiary/aromatic N) is 1. The molecule has 1 aromatic heterocycles. The number of hydrazone groups is 1. The summed E-state index contributed by atoms with van der Waals surface area (Å²) >= 11 is 0. The Hall–Kier alpha value is -2.76. The molecule has 0 bridgehead atoms. The number of benzene rings is 1. The minimum absolute atomic E-state index is 0.297. The summed E-state index contributed by atoms with van der Waals surface area (Å²) in [5, 5.41) is 3.91. The lowest BCUT2D eigenvalue weighted by Crippen LogP contribution is -2.17. The smallest absolute Gasteiger partial charge is 0.287 e. The van der Waals surface area contributed by atoms with Crippen LogP contribution in [-0.2, 0) is 0 Å². The maximum atomic E-state index is 11.7. The third-order valence-electron chi connectivity index (χ3n) is 2.71. The van der Waals surface area contributed by atoms with Gasteiger partial charge in [0.15, 0.2) is 11.5 Å². The van der Waals surface area contributed by atoms with Crippen LogP contribution in [-0.4, -0.2) is 30.8 Å². The Morgan fingerprint density at radius 1 is 1.38 bits per heavy atom. The van der Waals surface area contributed by atoms with Crippen molar-refractivity contribution in [1.29, 1.82) is 0 Å². The van der Waals surface area contributed by atoms with Crippen LogP contribution in [0.15, 0.2) is 41.6 Å². The molecule has 2 N–H and O–H groups in total. The number of hydrogen-bond acceptors (Lipinski definition) is 4. The Kier molecular flexibility index (Phi) is 4.98. The highest BCUT2D eigenvalue weighted by molar-refractivity contribution is 5.93. The summed E-state index contributed by atoms with van der Waals surface area (Å²) in [5.74, 6) is 0.998. The molecule has 0 saturated heterocycles. The summed E-state index contributed by atoms with van der Waals surface area (Å²) in [6, 6.07) is 8.84. The molecule has 21 heavy (non-hydrogen) atoms. The first-order valence-corrected chi connectivity index (χ1v) is 6.52. The zero-order valence-corrected chi connectivity index (χ0v) is 11.9. The number of aromatic amines is 1. The zero-order valence-electron chi connectivity index (χ0n) is 11.9. The number of nitrogens with one attached hydrogen (secondary N) is 2. The van der Waals surface area contributed by atoms with Crippen LogP contribution in [0, 0.1) is 0 Å². The van der Waals surface area contributed by atoms with Crippen molar-refractivity contribution in [3.05, 3.63) is 47.8 Å². The van der Waals surface area contributed by atoms with E-state index in [1.807, 2.05) is 13.0 Å². The summed E-state index contributed by atoms with van der Waals surface area (Å²) in [6.07, 6.45) is 3.22. The number of ether oxygens (including phenoxy) is 2. The molecule has 1 amide bonds. The van der Waals surface area contributed by atoms with Gasteiger partial charge in [0.1, 0.15) is 5.69 Å². The molecule has 1 aromatic carbocycles. The van der Waals surface area contributed by atoms with Crippen LogP contribution >= 0.6 is 0 Å². The Labute approximate surface area is 122 Å². The summed E-state index contributed by atoms with van der Waals surface area (Å²) in [6.45, 7) is 2.47. The first-order valence-electron chi connectivity index (χ1n) is 6.52. The van der Waals surface area contributed by atoms with Crippen LogP contribution in [0.4, 0.5) is 0 Å². The average Bonchev–Trinajstić information content (AvgIpc) is 3.03. The number of aromatic nitrogens is 1. The third kappa shape index (κ3) is 3.85. The van der Waals surface area contributed by atoms with E-state index in [2.05, 4.69) is 15.5 Å². The molecule has 0 aliphatic carbocycles. The molecular formula is C15H17N3O3. The molecule has 0 aliphatic rings. The predicted molar refractivity (Wildman–Crippen MR) is 80.0 cm³/mol. The van der Waals surface area contributed by atoms with E-state index in [-0.39, 0.29) is 5.91 Å². The minimum atomic E-state index is -0.297. The number of carbonyl (C=O) groups is 1. The second kappa shape index (κ2) is 7.14.